The number of rotatable bonds is 7. The number of nitrogens with two attached hydrogens (primary N) is 1. The van der Waals surface area contributed by atoms with Gasteiger partial charge in [-0.2, -0.15) is 0 Å². The van der Waals surface area contributed by atoms with Gasteiger partial charge in [-0.25, -0.2) is 13.1 Å². The number of thiocarbonyl (C=S) groups is 1. The summed E-state index contributed by atoms with van der Waals surface area (Å²) in [4.78, 5) is 0.248. The lowest BCUT2D eigenvalue weighted by molar-refractivity contribution is 0.0910. The van der Waals surface area contributed by atoms with Gasteiger partial charge >= 0.3 is 0 Å². The van der Waals surface area contributed by atoms with Crippen molar-refractivity contribution in [1.29, 1.82) is 0 Å². The third-order valence-electron chi connectivity index (χ3n) is 3.75. The summed E-state index contributed by atoms with van der Waals surface area (Å²) in [7, 11) is -3.44. The van der Waals surface area contributed by atoms with Crippen molar-refractivity contribution < 1.29 is 13.2 Å². The average molecular weight is 322 g/mol. The number of sulfonamides is 1. The highest BCUT2D eigenvalue weighted by Gasteiger charge is 2.40. The normalized spacial score (nSPS) is 27.7. The van der Waals surface area contributed by atoms with Crippen molar-refractivity contribution in [1.82, 2.24) is 4.72 Å². The Hall–Kier alpha value is -0.240. The second kappa shape index (κ2) is 7.15. The molecular formula is C13H26N2O3S2. The summed E-state index contributed by atoms with van der Waals surface area (Å²) in [6.45, 7) is 6.09. The van der Waals surface area contributed by atoms with E-state index in [4.69, 9.17) is 22.7 Å². The quantitative estimate of drug-likeness (QED) is 0.695. The molecule has 7 heteroatoms. The molecule has 118 valence electrons. The van der Waals surface area contributed by atoms with Crippen LogP contribution in [0.2, 0.25) is 0 Å². The molecular weight excluding hydrogens is 296 g/mol. The van der Waals surface area contributed by atoms with Crippen LogP contribution in [-0.2, 0) is 14.8 Å². The van der Waals surface area contributed by atoms with E-state index in [-0.39, 0.29) is 23.5 Å². The fourth-order valence-corrected chi connectivity index (χ4v) is 4.04. The molecule has 5 nitrogen and oxygen atoms in total. The summed E-state index contributed by atoms with van der Waals surface area (Å²) in [6.07, 6.45) is 3.23. The standard InChI is InChI=1S/C13H26N2O3S2/c1-10(2)18-8-9-20(16,17)15-13(12(14)19)6-4-11(3)5-7-13/h10-11,15H,4-9H2,1-3H3,(H2,14,19). The van der Waals surface area contributed by atoms with Gasteiger partial charge < -0.3 is 10.5 Å². The van der Waals surface area contributed by atoms with E-state index in [1.165, 1.54) is 0 Å². The van der Waals surface area contributed by atoms with Crippen LogP contribution in [0, 0.1) is 5.92 Å². The number of nitrogens with one attached hydrogen (secondary N) is 1. The molecule has 0 radical (unpaired) electrons. The molecule has 1 saturated carbocycles. The minimum Gasteiger partial charge on any atom is -0.392 e. The first-order valence-corrected chi connectivity index (χ1v) is 9.16. The van der Waals surface area contributed by atoms with Crippen molar-refractivity contribution in [2.45, 2.75) is 58.1 Å². The summed E-state index contributed by atoms with van der Waals surface area (Å²) < 4.78 is 32.4. The molecule has 20 heavy (non-hydrogen) atoms. The maximum Gasteiger partial charge on any atom is 0.214 e. The van der Waals surface area contributed by atoms with Crippen molar-refractivity contribution >= 4 is 27.2 Å². The van der Waals surface area contributed by atoms with Gasteiger partial charge in [0.15, 0.2) is 0 Å². The topological polar surface area (TPSA) is 81.4 Å². The van der Waals surface area contributed by atoms with Crippen molar-refractivity contribution in [2.24, 2.45) is 11.7 Å². The van der Waals surface area contributed by atoms with E-state index in [1.807, 2.05) is 13.8 Å². The Morgan fingerprint density at radius 3 is 2.45 bits per heavy atom. The molecule has 0 amide bonds. The van der Waals surface area contributed by atoms with Crippen LogP contribution in [-0.4, -0.2) is 37.4 Å². The lowest BCUT2D eigenvalue weighted by Gasteiger charge is -2.38. The smallest absolute Gasteiger partial charge is 0.214 e. The third-order valence-corrected chi connectivity index (χ3v) is 5.55. The van der Waals surface area contributed by atoms with E-state index in [0.29, 0.717) is 18.8 Å². The van der Waals surface area contributed by atoms with Gasteiger partial charge in [-0.1, -0.05) is 19.1 Å². The Kier molecular flexibility index (Phi) is 6.37. The van der Waals surface area contributed by atoms with Crippen LogP contribution in [0.5, 0.6) is 0 Å². The molecule has 1 aliphatic carbocycles. The zero-order chi connectivity index (χ0) is 15.4. The molecule has 0 bridgehead atoms. The second-order valence-electron chi connectivity index (χ2n) is 5.97. The Morgan fingerprint density at radius 2 is 2.00 bits per heavy atom. The van der Waals surface area contributed by atoms with Crippen molar-refractivity contribution in [2.75, 3.05) is 12.4 Å². The Balaban J connectivity index is 2.68. The highest BCUT2D eigenvalue weighted by Crippen LogP contribution is 2.32. The van der Waals surface area contributed by atoms with E-state index in [9.17, 15) is 8.42 Å². The summed E-state index contributed by atoms with van der Waals surface area (Å²) in [5.74, 6) is 0.525. The first-order valence-electron chi connectivity index (χ1n) is 7.10. The lowest BCUT2D eigenvalue weighted by Crippen LogP contribution is -2.58. The maximum absolute atomic E-state index is 12.2. The summed E-state index contributed by atoms with van der Waals surface area (Å²) in [6, 6.07) is 0. The predicted molar refractivity (Wildman–Crippen MR) is 85.2 cm³/mol. The Bertz CT molecular complexity index is 427. The highest BCUT2D eigenvalue weighted by atomic mass is 32.2. The van der Waals surface area contributed by atoms with Crippen LogP contribution in [0.25, 0.3) is 0 Å². The highest BCUT2D eigenvalue weighted by molar-refractivity contribution is 7.89. The van der Waals surface area contributed by atoms with Gasteiger partial charge in [0, 0.05) is 0 Å². The number of ether oxygens (including phenoxy) is 1. The van der Waals surface area contributed by atoms with Gasteiger partial charge in [-0.3, -0.25) is 0 Å². The van der Waals surface area contributed by atoms with Crippen LogP contribution in [0.15, 0.2) is 0 Å². The maximum atomic E-state index is 12.2. The van der Waals surface area contributed by atoms with E-state index in [2.05, 4.69) is 11.6 Å². The predicted octanol–water partition coefficient (Wildman–Crippen LogP) is 1.57. The summed E-state index contributed by atoms with van der Waals surface area (Å²) >= 11 is 5.11. The molecule has 0 spiro atoms. The van der Waals surface area contributed by atoms with Gasteiger partial charge in [0.1, 0.15) is 0 Å². The molecule has 0 atom stereocenters. The Labute approximate surface area is 127 Å². The summed E-state index contributed by atoms with van der Waals surface area (Å²) in [5, 5.41) is 0. The molecule has 1 rings (SSSR count). The van der Waals surface area contributed by atoms with Crippen molar-refractivity contribution in [3.63, 3.8) is 0 Å². The van der Waals surface area contributed by atoms with Gasteiger partial charge in [-0.05, 0) is 45.4 Å². The first kappa shape index (κ1) is 17.8. The number of hydrogen-bond acceptors (Lipinski definition) is 4. The molecule has 0 heterocycles. The fraction of sp³-hybridized carbons (Fsp3) is 0.923. The van der Waals surface area contributed by atoms with Crippen LogP contribution < -0.4 is 10.5 Å². The van der Waals surface area contributed by atoms with Gasteiger partial charge in [0.2, 0.25) is 10.0 Å². The van der Waals surface area contributed by atoms with Gasteiger partial charge in [0.25, 0.3) is 0 Å². The van der Waals surface area contributed by atoms with Gasteiger partial charge in [-0.15, -0.1) is 0 Å². The van der Waals surface area contributed by atoms with Crippen LogP contribution >= 0.6 is 12.2 Å². The third kappa shape index (κ3) is 5.27. The largest absolute Gasteiger partial charge is 0.392 e. The SMILES string of the molecule is CC1CCC(NS(=O)(=O)CCOC(C)C)(C(N)=S)CC1. The van der Waals surface area contributed by atoms with E-state index in [1.54, 1.807) is 0 Å². The zero-order valence-electron chi connectivity index (χ0n) is 12.5. The lowest BCUT2D eigenvalue weighted by atomic mass is 9.78. The molecule has 0 aromatic heterocycles. The van der Waals surface area contributed by atoms with E-state index < -0.39 is 15.6 Å². The van der Waals surface area contributed by atoms with Crippen molar-refractivity contribution in [3.05, 3.63) is 0 Å². The van der Waals surface area contributed by atoms with Crippen LogP contribution in [0.1, 0.15) is 46.5 Å². The number of hydrogen-bond donors (Lipinski definition) is 2. The molecule has 0 unspecified atom stereocenters. The molecule has 0 aromatic rings. The fourth-order valence-electron chi connectivity index (χ4n) is 2.40. The monoisotopic (exact) mass is 322 g/mol. The molecule has 1 aliphatic rings. The van der Waals surface area contributed by atoms with Crippen LogP contribution in [0.4, 0.5) is 0 Å². The Morgan fingerprint density at radius 1 is 1.45 bits per heavy atom. The molecule has 1 fully saturated rings. The summed E-state index contributed by atoms with van der Waals surface area (Å²) in [5.41, 5.74) is 5.05. The molecule has 0 aromatic carbocycles. The van der Waals surface area contributed by atoms with Crippen LogP contribution in [0.3, 0.4) is 0 Å². The van der Waals surface area contributed by atoms with E-state index >= 15 is 0 Å². The molecule has 0 aliphatic heterocycles. The van der Waals surface area contributed by atoms with Crippen molar-refractivity contribution in [3.8, 4) is 0 Å². The minimum atomic E-state index is -3.44. The van der Waals surface area contributed by atoms with E-state index in [0.717, 1.165) is 12.8 Å². The molecule has 3 N–H and O–H groups in total. The minimum absolute atomic E-state index is 0.0188. The van der Waals surface area contributed by atoms with Gasteiger partial charge in [0.05, 0.1) is 29.0 Å². The average Bonchev–Trinajstić information content (AvgIpc) is 2.31. The zero-order valence-corrected chi connectivity index (χ0v) is 14.1. The first-order chi connectivity index (χ1) is 9.17. The second-order valence-corrected chi connectivity index (χ2v) is 8.25. The molecule has 0 saturated heterocycles.